The van der Waals surface area contributed by atoms with E-state index in [1.54, 1.807) is 17.1 Å². The smallest absolute Gasteiger partial charge is 0.169 e. The van der Waals surface area contributed by atoms with Crippen LogP contribution in [0.4, 0.5) is 0 Å². The van der Waals surface area contributed by atoms with E-state index >= 15 is 0 Å². The van der Waals surface area contributed by atoms with Gasteiger partial charge in [0.05, 0.1) is 12.9 Å². The second-order valence-corrected chi connectivity index (χ2v) is 3.37. The second kappa shape index (κ2) is 3.70. The van der Waals surface area contributed by atoms with E-state index in [4.69, 9.17) is 4.74 Å². The van der Waals surface area contributed by atoms with Gasteiger partial charge < -0.3 is 9.30 Å². The lowest BCUT2D eigenvalue weighted by Gasteiger charge is -2.02. The van der Waals surface area contributed by atoms with Gasteiger partial charge >= 0.3 is 0 Å². The highest BCUT2D eigenvalue weighted by Gasteiger charge is 2.20. The third kappa shape index (κ3) is 2.39. The Morgan fingerprint density at radius 3 is 3.15 bits per heavy atom. The fourth-order valence-electron chi connectivity index (χ4n) is 1.12. The van der Waals surface area contributed by atoms with Crippen molar-refractivity contribution >= 4 is 6.29 Å². The molecule has 2 rings (SSSR count). The summed E-state index contributed by atoms with van der Waals surface area (Å²) in [5.41, 5.74) is 0.454. The molecule has 1 aliphatic rings. The Morgan fingerprint density at radius 1 is 1.69 bits per heavy atom. The van der Waals surface area contributed by atoms with E-state index in [9.17, 15) is 4.79 Å². The highest BCUT2D eigenvalue weighted by atomic mass is 16.5. The molecular weight excluding hydrogens is 168 g/mol. The van der Waals surface area contributed by atoms with Crippen LogP contribution in [-0.2, 0) is 11.5 Å². The molecule has 0 aliphatic heterocycles. The number of aromatic nitrogens is 2. The van der Waals surface area contributed by atoms with Crippen molar-refractivity contribution in [2.45, 2.75) is 19.6 Å². The van der Waals surface area contributed by atoms with Crippen molar-refractivity contribution in [2.75, 3.05) is 6.61 Å². The molecule has 0 N–H and O–H groups in total. The van der Waals surface area contributed by atoms with Crippen molar-refractivity contribution in [3.63, 3.8) is 0 Å². The minimum Gasteiger partial charge on any atom is -0.360 e. The molecule has 1 saturated carbocycles. The van der Waals surface area contributed by atoms with Gasteiger partial charge in [0.2, 0.25) is 0 Å². The van der Waals surface area contributed by atoms with E-state index < -0.39 is 0 Å². The molecule has 0 spiro atoms. The Morgan fingerprint density at radius 2 is 2.54 bits per heavy atom. The first-order valence-electron chi connectivity index (χ1n) is 4.43. The summed E-state index contributed by atoms with van der Waals surface area (Å²) in [5.74, 6) is 0.772. The lowest BCUT2D eigenvalue weighted by atomic mass is 10.5. The number of carbonyl (C=O) groups excluding carboxylic acids is 1. The molecule has 0 bridgehead atoms. The van der Waals surface area contributed by atoms with Gasteiger partial charge in [0.25, 0.3) is 0 Å². The van der Waals surface area contributed by atoms with Crippen molar-refractivity contribution in [3.8, 4) is 0 Å². The minimum atomic E-state index is 0.454. The molecule has 0 aromatic carbocycles. The van der Waals surface area contributed by atoms with Gasteiger partial charge in [-0.3, -0.25) is 4.79 Å². The predicted octanol–water partition coefficient (Wildman–Crippen LogP) is 1.08. The molecular formula is C9H12N2O2. The lowest BCUT2D eigenvalue weighted by molar-refractivity contribution is 0.0689. The quantitative estimate of drug-likeness (QED) is 0.637. The van der Waals surface area contributed by atoms with Crippen LogP contribution >= 0.6 is 0 Å². The van der Waals surface area contributed by atoms with E-state index in [1.807, 2.05) is 0 Å². The average molecular weight is 180 g/mol. The maximum Gasteiger partial charge on any atom is 0.169 e. The Kier molecular flexibility index (Phi) is 2.40. The van der Waals surface area contributed by atoms with Crippen LogP contribution in [0.15, 0.2) is 12.5 Å². The van der Waals surface area contributed by atoms with Gasteiger partial charge in [-0.1, -0.05) is 0 Å². The van der Waals surface area contributed by atoms with Gasteiger partial charge in [0.15, 0.2) is 6.29 Å². The number of imidazole rings is 1. The van der Waals surface area contributed by atoms with Gasteiger partial charge in [-0.2, -0.15) is 0 Å². The van der Waals surface area contributed by atoms with E-state index in [1.165, 1.54) is 12.8 Å². The Bertz CT molecular complexity index is 292. The van der Waals surface area contributed by atoms with E-state index in [0.29, 0.717) is 12.4 Å². The molecule has 1 aromatic rings. The zero-order valence-electron chi connectivity index (χ0n) is 7.35. The lowest BCUT2D eigenvalue weighted by Crippen LogP contribution is -2.02. The summed E-state index contributed by atoms with van der Waals surface area (Å²) in [6.45, 7) is 1.33. The fraction of sp³-hybridized carbons (Fsp3) is 0.556. The summed E-state index contributed by atoms with van der Waals surface area (Å²) in [7, 11) is 0. The summed E-state index contributed by atoms with van der Waals surface area (Å²) in [5, 5.41) is 0. The molecule has 1 aromatic heterocycles. The number of aldehydes is 1. The van der Waals surface area contributed by atoms with Gasteiger partial charge in [0.1, 0.15) is 12.4 Å². The highest BCUT2D eigenvalue weighted by Crippen LogP contribution is 2.28. The molecule has 4 nitrogen and oxygen atoms in total. The zero-order valence-corrected chi connectivity index (χ0v) is 7.35. The Balaban J connectivity index is 1.75. The van der Waals surface area contributed by atoms with Crippen molar-refractivity contribution in [2.24, 2.45) is 5.92 Å². The molecule has 0 amide bonds. The predicted molar refractivity (Wildman–Crippen MR) is 46.3 cm³/mol. The maximum atomic E-state index is 10.3. The molecule has 13 heavy (non-hydrogen) atoms. The zero-order chi connectivity index (χ0) is 9.10. The maximum absolute atomic E-state index is 10.3. The van der Waals surface area contributed by atoms with Crippen LogP contribution in [0.3, 0.4) is 0 Å². The SMILES string of the molecule is O=Cc1cn(COCC2CC2)cn1. The number of rotatable bonds is 5. The normalized spacial score (nSPS) is 16.0. The third-order valence-corrected chi connectivity index (χ3v) is 2.06. The number of carbonyl (C=O) groups is 1. The average Bonchev–Trinajstić information content (AvgIpc) is 2.84. The number of nitrogens with zero attached hydrogens (tertiary/aromatic N) is 2. The molecule has 1 fully saturated rings. The fourth-order valence-corrected chi connectivity index (χ4v) is 1.12. The van der Waals surface area contributed by atoms with Crippen LogP contribution in [0, 0.1) is 5.92 Å². The Labute approximate surface area is 76.5 Å². The number of ether oxygens (including phenoxy) is 1. The Hall–Kier alpha value is -1.16. The van der Waals surface area contributed by atoms with Crippen LogP contribution in [0.1, 0.15) is 23.3 Å². The van der Waals surface area contributed by atoms with Crippen molar-refractivity contribution in [3.05, 3.63) is 18.2 Å². The standard InChI is InChI=1S/C9H12N2O2/c12-4-9-3-11(6-10-9)7-13-5-8-1-2-8/h3-4,6,8H,1-2,5,7H2. The van der Waals surface area contributed by atoms with Crippen molar-refractivity contribution in [1.29, 1.82) is 0 Å². The number of hydrogen-bond acceptors (Lipinski definition) is 3. The van der Waals surface area contributed by atoms with Crippen LogP contribution in [-0.4, -0.2) is 22.4 Å². The molecule has 0 saturated heterocycles. The van der Waals surface area contributed by atoms with E-state index in [2.05, 4.69) is 4.98 Å². The van der Waals surface area contributed by atoms with Crippen LogP contribution in [0.5, 0.6) is 0 Å². The van der Waals surface area contributed by atoms with Crippen LogP contribution in [0.2, 0.25) is 0 Å². The summed E-state index contributed by atoms with van der Waals surface area (Å²) in [4.78, 5) is 14.2. The molecule has 0 unspecified atom stereocenters. The van der Waals surface area contributed by atoms with E-state index in [0.717, 1.165) is 18.8 Å². The minimum absolute atomic E-state index is 0.454. The van der Waals surface area contributed by atoms with E-state index in [-0.39, 0.29) is 0 Å². The largest absolute Gasteiger partial charge is 0.360 e. The molecule has 0 atom stereocenters. The molecule has 70 valence electrons. The van der Waals surface area contributed by atoms with Gasteiger partial charge in [-0.15, -0.1) is 0 Å². The van der Waals surface area contributed by atoms with Gasteiger partial charge in [-0.25, -0.2) is 4.98 Å². The molecule has 0 radical (unpaired) electrons. The van der Waals surface area contributed by atoms with Crippen LogP contribution in [0.25, 0.3) is 0 Å². The highest BCUT2D eigenvalue weighted by molar-refractivity contribution is 5.70. The molecule has 4 heteroatoms. The summed E-state index contributed by atoms with van der Waals surface area (Å²) in [6, 6.07) is 0. The first kappa shape index (κ1) is 8.44. The summed E-state index contributed by atoms with van der Waals surface area (Å²) < 4.78 is 7.18. The topological polar surface area (TPSA) is 44.1 Å². The van der Waals surface area contributed by atoms with Crippen LogP contribution < -0.4 is 0 Å². The summed E-state index contributed by atoms with van der Waals surface area (Å²) in [6.07, 6.45) is 6.61. The summed E-state index contributed by atoms with van der Waals surface area (Å²) >= 11 is 0. The van der Waals surface area contributed by atoms with Crippen molar-refractivity contribution < 1.29 is 9.53 Å². The first-order chi connectivity index (χ1) is 6.38. The monoisotopic (exact) mass is 180 g/mol. The number of hydrogen-bond donors (Lipinski definition) is 0. The molecule has 1 heterocycles. The van der Waals surface area contributed by atoms with Crippen molar-refractivity contribution in [1.82, 2.24) is 9.55 Å². The van der Waals surface area contributed by atoms with Gasteiger partial charge in [0, 0.05) is 6.20 Å². The first-order valence-corrected chi connectivity index (χ1v) is 4.43. The van der Waals surface area contributed by atoms with Gasteiger partial charge in [-0.05, 0) is 18.8 Å². The third-order valence-electron chi connectivity index (χ3n) is 2.06. The molecule has 1 aliphatic carbocycles. The second-order valence-electron chi connectivity index (χ2n) is 3.37.